The number of fused-ring (bicyclic) bond motifs is 1. The van der Waals surface area contributed by atoms with Crippen LogP contribution in [0.15, 0.2) is 36.4 Å². The molecule has 1 amide bonds. The van der Waals surface area contributed by atoms with Crippen molar-refractivity contribution in [2.75, 3.05) is 16.2 Å². The van der Waals surface area contributed by atoms with Gasteiger partial charge in [-0.05, 0) is 55.2 Å². The quantitative estimate of drug-likeness (QED) is 0.775. The zero-order valence-corrected chi connectivity index (χ0v) is 15.9. The number of carbonyl (C=O) groups excluding carboxylic acids is 1. The molecule has 2 aromatic rings. The second-order valence-corrected chi connectivity index (χ2v) is 7.75. The third-order valence-corrected chi connectivity index (χ3v) is 5.55. The first-order valence-electron chi connectivity index (χ1n) is 8.81. The highest BCUT2D eigenvalue weighted by atomic mass is 32.2. The van der Waals surface area contributed by atoms with Crippen LogP contribution in [0.25, 0.3) is 0 Å². The Balaban J connectivity index is 1.70. The smallest absolute Gasteiger partial charge is 0.227 e. The van der Waals surface area contributed by atoms with Gasteiger partial charge in [0.1, 0.15) is 5.82 Å². The van der Waals surface area contributed by atoms with E-state index in [4.69, 9.17) is 0 Å². The molecule has 138 valence electrons. The van der Waals surface area contributed by atoms with Crippen LogP contribution in [0.5, 0.6) is 0 Å². The zero-order chi connectivity index (χ0) is 18.7. The Morgan fingerprint density at radius 3 is 2.77 bits per heavy atom. The molecule has 26 heavy (non-hydrogen) atoms. The van der Waals surface area contributed by atoms with Crippen molar-refractivity contribution in [3.05, 3.63) is 58.9 Å². The number of rotatable bonds is 6. The number of carbonyl (C=O) groups is 1. The van der Waals surface area contributed by atoms with Crippen LogP contribution in [0.3, 0.4) is 0 Å². The van der Waals surface area contributed by atoms with Crippen LogP contribution >= 0.6 is 0 Å². The summed E-state index contributed by atoms with van der Waals surface area (Å²) in [6, 6.07) is 10.6. The molecule has 1 unspecified atom stereocenters. The van der Waals surface area contributed by atoms with Gasteiger partial charge in [-0.3, -0.25) is 4.79 Å². The number of nitrogens with one attached hydrogen (secondary N) is 1. The first-order valence-corrected chi connectivity index (χ1v) is 10.1. The SMILES string of the molecule is CCCN1C(=O)CCc2cc(N[S+]([O-])Cc3ccc(C)c(F)c3)ccc21. The number of amides is 1. The van der Waals surface area contributed by atoms with E-state index >= 15 is 0 Å². The number of anilines is 2. The van der Waals surface area contributed by atoms with Crippen molar-refractivity contribution in [2.45, 2.75) is 38.9 Å². The minimum atomic E-state index is -1.35. The summed E-state index contributed by atoms with van der Waals surface area (Å²) < 4.78 is 29.0. The fourth-order valence-corrected chi connectivity index (χ4v) is 4.08. The second-order valence-electron chi connectivity index (χ2n) is 6.56. The molecule has 2 aromatic carbocycles. The number of hydrogen-bond acceptors (Lipinski definition) is 3. The van der Waals surface area contributed by atoms with Crippen molar-refractivity contribution in [1.29, 1.82) is 0 Å². The molecule has 0 fully saturated rings. The van der Waals surface area contributed by atoms with Gasteiger partial charge in [0, 0.05) is 24.2 Å². The lowest BCUT2D eigenvalue weighted by Gasteiger charge is -2.29. The first-order chi connectivity index (χ1) is 12.5. The van der Waals surface area contributed by atoms with Crippen LogP contribution in [0.2, 0.25) is 0 Å². The molecule has 0 saturated carbocycles. The molecule has 0 aliphatic carbocycles. The molecule has 4 nitrogen and oxygen atoms in total. The van der Waals surface area contributed by atoms with E-state index in [1.807, 2.05) is 23.1 Å². The van der Waals surface area contributed by atoms with Crippen LogP contribution in [-0.2, 0) is 28.3 Å². The lowest BCUT2D eigenvalue weighted by atomic mass is 10.0. The molecule has 1 aliphatic heterocycles. The average molecular weight is 374 g/mol. The average Bonchev–Trinajstić information content (AvgIpc) is 2.61. The predicted molar refractivity (Wildman–Crippen MR) is 104 cm³/mol. The molecule has 1 atom stereocenters. The van der Waals surface area contributed by atoms with Crippen LogP contribution in [0, 0.1) is 12.7 Å². The van der Waals surface area contributed by atoms with Gasteiger partial charge in [0.25, 0.3) is 0 Å². The van der Waals surface area contributed by atoms with E-state index < -0.39 is 11.4 Å². The molecular formula is C20H23FN2O2S. The highest BCUT2D eigenvalue weighted by Crippen LogP contribution is 2.31. The Morgan fingerprint density at radius 1 is 1.23 bits per heavy atom. The standard InChI is InChI=1S/C20H23FN2O2S/c1-3-10-23-19-8-7-17(12-16(19)6-9-20(23)24)22-26(25)13-15-5-4-14(2)18(21)11-15/h4-5,7-8,11-12,22H,3,6,9-10,13H2,1-2H3. The molecule has 0 radical (unpaired) electrons. The Bertz CT molecular complexity index is 812. The fraction of sp³-hybridized carbons (Fsp3) is 0.350. The van der Waals surface area contributed by atoms with Crippen LogP contribution in [-0.4, -0.2) is 17.0 Å². The number of benzene rings is 2. The molecular weight excluding hydrogens is 351 g/mol. The summed E-state index contributed by atoms with van der Waals surface area (Å²) in [4.78, 5) is 13.9. The van der Waals surface area contributed by atoms with Gasteiger partial charge in [-0.15, -0.1) is 0 Å². The predicted octanol–water partition coefficient (Wildman–Crippen LogP) is 4.10. The summed E-state index contributed by atoms with van der Waals surface area (Å²) in [5.41, 5.74) is 4.05. The monoisotopic (exact) mass is 374 g/mol. The summed E-state index contributed by atoms with van der Waals surface area (Å²) in [7, 11) is 0. The van der Waals surface area contributed by atoms with Gasteiger partial charge in [0.05, 0.1) is 17.0 Å². The highest BCUT2D eigenvalue weighted by molar-refractivity contribution is 7.91. The first kappa shape index (κ1) is 18.7. The molecule has 1 N–H and O–H groups in total. The number of aryl methyl sites for hydroxylation is 2. The molecule has 3 rings (SSSR count). The summed E-state index contributed by atoms with van der Waals surface area (Å²) in [6.45, 7) is 4.46. The molecule has 6 heteroatoms. The van der Waals surface area contributed by atoms with Crippen LogP contribution < -0.4 is 9.62 Å². The van der Waals surface area contributed by atoms with Crippen LogP contribution in [0.4, 0.5) is 15.8 Å². The minimum Gasteiger partial charge on any atom is -0.593 e. The number of hydrogen-bond donors (Lipinski definition) is 1. The Kier molecular flexibility index (Phi) is 5.84. The second kappa shape index (κ2) is 8.10. The third kappa shape index (κ3) is 4.19. The summed E-state index contributed by atoms with van der Waals surface area (Å²) in [6.07, 6.45) is 2.10. The van der Waals surface area contributed by atoms with Crippen molar-refractivity contribution in [3.8, 4) is 0 Å². The van der Waals surface area contributed by atoms with E-state index in [0.717, 1.165) is 23.4 Å². The Morgan fingerprint density at radius 2 is 2.04 bits per heavy atom. The molecule has 1 aliphatic rings. The van der Waals surface area contributed by atoms with Gasteiger partial charge in [-0.25, -0.2) is 9.11 Å². The van der Waals surface area contributed by atoms with Gasteiger partial charge in [-0.1, -0.05) is 19.1 Å². The summed E-state index contributed by atoms with van der Waals surface area (Å²) in [5.74, 6) is 0.105. The fourth-order valence-electron chi connectivity index (χ4n) is 3.14. The van der Waals surface area contributed by atoms with Gasteiger partial charge < -0.3 is 9.45 Å². The summed E-state index contributed by atoms with van der Waals surface area (Å²) >= 11 is -1.35. The molecule has 1 heterocycles. The minimum absolute atomic E-state index is 0.157. The topological polar surface area (TPSA) is 55.4 Å². The molecule has 0 bridgehead atoms. The maximum Gasteiger partial charge on any atom is 0.227 e. The van der Waals surface area contributed by atoms with Gasteiger partial charge in [-0.2, -0.15) is 0 Å². The van der Waals surface area contributed by atoms with Crippen molar-refractivity contribution < 1.29 is 13.7 Å². The maximum atomic E-state index is 13.6. The molecule has 0 aromatic heterocycles. The maximum absolute atomic E-state index is 13.6. The third-order valence-electron chi connectivity index (χ3n) is 4.49. The van der Waals surface area contributed by atoms with Crippen molar-refractivity contribution in [1.82, 2.24) is 0 Å². The van der Waals surface area contributed by atoms with E-state index in [-0.39, 0.29) is 17.5 Å². The number of nitrogens with zero attached hydrogens (tertiary/aromatic N) is 1. The van der Waals surface area contributed by atoms with E-state index in [9.17, 15) is 13.7 Å². The molecule has 0 saturated heterocycles. The van der Waals surface area contributed by atoms with Gasteiger partial charge >= 0.3 is 0 Å². The lowest BCUT2D eigenvalue weighted by Crippen LogP contribution is -2.35. The van der Waals surface area contributed by atoms with E-state index in [1.54, 1.807) is 19.1 Å². The Hall–Kier alpha value is -2.05. The van der Waals surface area contributed by atoms with E-state index in [2.05, 4.69) is 11.6 Å². The highest BCUT2D eigenvalue weighted by Gasteiger charge is 2.24. The Labute approximate surface area is 156 Å². The molecule has 0 spiro atoms. The van der Waals surface area contributed by atoms with Gasteiger partial charge in [0.2, 0.25) is 5.91 Å². The van der Waals surface area contributed by atoms with Crippen LogP contribution in [0.1, 0.15) is 36.5 Å². The van der Waals surface area contributed by atoms with Gasteiger partial charge in [0.15, 0.2) is 5.75 Å². The zero-order valence-electron chi connectivity index (χ0n) is 15.0. The normalized spacial score (nSPS) is 14.9. The number of halogens is 1. The van der Waals surface area contributed by atoms with Crippen molar-refractivity contribution in [2.24, 2.45) is 0 Å². The lowest BCUT2D eigenvalue weighted by molar-refractivity contribution is -0.118. The van der Waals surface area contributed by atoms with Crippen molar-refractivity contribution in [3.63, 3.8) is 0 Å². The van der Waals surface area contributed by atoms with E-state index in [1.165, 1.54) is 6.07 Å². The van der Waals surface area contributed by atoms with Crippen molar-refractivity contribution >= 4 is 28.6 Å². The largest absolute Gasteiger partial charge is 0.593 e. The summed E-state index contributed by atoms with van der Waals surface area (Å²) in [5, 5.41) is 0. The van der Waals surface area contributed by atoms with E-state index in [0.29, 0.717) is 30.5 Å².